The van der Waals surface area contributed by atoms with Crippen molar-refractivity contribution in [2.45, 2.75) is 31.6 Å². The Kier molecular flexibility index (Phi) is 4.68. The molecule has 2 aliphatic rings. The maximum atomic E-state index is 11.5. The summed E-state index contributed by atoms with van der Waals surface area (Å²) < 4.78 is 0. The van der Waals surface area contributed by atoms with Gasteiger partial charge in [0.1, 0.15) is 23.2 Å². The molecule has 3 aromatic rings. The lowest BCUT2D eigenvalue weighted by atomic mass is 10.1. The minimum atomic E-state index is 0.340. The van der Waals surface area contributed by atoms with Crippen LogP contribution in [0.4, 0.5) is 17.5 Å². The van der Waals surface area contributed by atoms with Gasteiger partial charge in [-0.2, -0.15) is 0 Å². The molecule has 1 aliphatic carbocycles. The van der Waals surface area contributed by atoms with Gasteiger partial charge in [-0.1, -0.05) is 6.07 Å². The number of hydrogen-bond donors (Lipinski definition) is 1. The van der Waals surface area contributed by atoms with Crippen molar-refractivity contribution >= 4 is 23.2 Å². The van der Waals surface area contributed by atoms with Crippen molar-refractivity contribution in [1.29, 1.82) is 0 Å². The van der Waals surface area contributed by atoms with E-state index in [1.165, 1.54) is 18.4 Å². The van der Waals surface area contributed by atoms with Crippen LogP contribution in [0.15, 0.2) is 54.9 Å². The van der Waals surface area contributed by atoms with Crippen LogP contribution in [-0.4, -0.2) is 33.8 Å². The van der Waals surface area contributed by atoms with E-state index in [2.05, 4.69) is 38.4 Å². The minimum Gasteiger partial charge on any atom is -0.356 e. The minimum absolute atomic E-state index is 0.340. The van der Waals surface area contributed by atoms with E-state index in [1.807, 2.05) is 30.5 Å². The van der Waals surface area contributed by atoms with Gasteiger partial charge in [-0.15, -0.1) is 0 Å². The second kappa shape index (κ2) is 7.62. The lowest BCUT2D eigenvalue weighted by molar-refractivity contribution is -0.119. The number of rotatable bonds is 5. The number of carbonyl (C=O) groups excluding carboxylic acids is 1. The summed E-state index contributed by atoms with van der Waals surface area (Å²) in [5.41, 5.74) is 3.22. The van der Waals surface area contributed by atoms with E-state index in [9.17, 15) is 4.79 Å². The number of hydrogen-bond acceptors (Lipinski definition) is 6. The van der Waals surface area contributed by atoms with Crippen molar-refractivity contribution in [3.63, 3.8) is 0 Å². The van der Waals surface area contributed by atoms with E-state index in [1.54, 1.807) is 6.20 Å². The quantitative estimate of drug-likeness (QED) is 0.705. The molecule has 6 nitrogen and oxygen atoms in total. The van der Waals surface area contributed by atoms with Gasteiger partial charge in [0.15, 0.2) is 0 Å². The number of pyridine rings is 3. The van der Waals surface area contributed by atoms with Crippen LogP contribution < -0.4 is 10.2 Å². The molecule has 0 aromatic carbocycles. The van der Waals surface area contributed by atoms with E-state index in [0.29, 0.717) is 24.5 Å². The Balaban J connectivity index is 1.41. The Morgan fingerprint density at radius 1 is 0.966 bits per heavy atom. The van der Waals surface area contributed by atoms with Crippen molar-refractivity contribution < 1.29 is 4.79 Å². The Labute approximate surface area is 170 Å². The molecular formula is C23H23N5O. The standard InChI is InChI=1S/C23H23N5O/c29-19-8-11-28(12-9-19)23-7-6-17(15-25-23)20-13-18(16-4-5-16)14-22(26-20)27-21-3-1-2-10-24-21/h1-3,6-7,10,13-16H,4-5,8-9,11-12H2,(H,24,26,27). The summed E-state index contributed by atoms with van der Waals surface area (Å²) in [5.74, 6) is 3.48. The van der Waals surface area contributed by atoms with Gasteiger partial charge in [-0.25, -0.2) is 15.0 Å². The maximum absolute atomic E-state index is 11.5. The fourth-order valence-electron chi connectivity index (χ4n) is 3.69. The van der Waals surface area contributed by atoms with Crippen LogP contribution in [0.1, 0.15) is 37.2 Å². The predicted molar refractivity (Wildman–Crippen MR) is 113 cm³/mol. The highest BCUT2D eigenvalue weighted by Crippen LogP contribution is 2.42. The van der Waals surface area contributed by atoms with Crippen LogP contribution in [0.25, 0.3) is 11.3 Å². The lowest BCUT2D eigenvalue weighted by Gasteiger charge is -2.27. The molecular weight excluding hydrogens is 362 g/mol. The number of nitrogens with zero attached hydrogens (tertiary/aromatic N) is 4. The third-order valence-electron chi connectivity index (χ3n) is 5.51. The molecule has 146 valence electrons. The summed E-state index contributed by atoms with van der Waals surface area (Å²) in [6, 6.07) is 14.2. The number of piperidine rings is 1. The Hall–Kier alpha value is -3.28. The zero-order valence-corrected chi connectivity index (χ0v) is 16.2. The number of Topliss-reactive ketones (excluding diaryl/α,β-unsaturated/α-hetero) is 1. The van der Waals surface area contributed by atoms with Crippen LogP contribution in [0, 0.1) is 0 Å². The molecule has 0 spiro atoms. The van der Waals surface area contributed by atoms with Crippen molar-refractivity contribution in [3.8, 4) is 11.3 Å². The smallest absolute Gasteiger partial charge is 0.136 e. The van der Waals surface area contributed by atoms with Crippen LogP contribution in [0.3, 0.4) is 0 Å². The summed E-state index contributed by atoms with van der Waals surface area (Å²) in [6.07, 6.45) is 7.34. The molecule has 6 heteroatoms. The Morgan fingerprint density at radius 3 is 2.52 bits per heavy atom. The van der Waals surface area contributed by atoms with Crippen molar-refractivity contribution in [2.75, 3.05) is 23.3 Å². The molecule has 1 saturated heterocycles. The van der Waals surface area contributed by atoms with Crippen molar-refractivity contribution in [1.82, 2.24) is 15.0 Å². The average Bonchev–Trinajstić information content (AvgIpc) is 3.61. The fourth-order valence-corrected chi connectivity index (χ4v) is 3.69. The van der Waals surface area contributed by atoms with Gasteiger partial charge in [-0.05, 0) is 60.7 Å². The zero-order chi connectivity index (χ0) is 19.6. The highest BCUT2D eigenvalue weighted by atomic mass is 16.1. The normalized spacial score (nSPS) is 16.7. The van der Waals surface area contributed by atoms with Gasteiger partial charge >= 0.3 is 0 Å². The molecule has 1 saturated carbocycles. The molecule has 29 heavy (non-hydrogen) atoms. The van der Waals surface area contributed by atoms with Gasteiger partial charge in [-0.3, -0.25) is 4.79 Å². The molecule has 0 radical (unpaired) electrons. The molecule has 1 aliphatic heterocycles. The molecule has 0 atom stereocenters. The topological polar surface area (TPSA) is 71.0 Å². The van der Waals surface area contributed by atoms with Gasteiger partial charge in [0.2, 0.25) is 0 Å². The van der Waals surface area contributed by atoms with E-state index in [0.717, 1.165) is 41.8 Å². The van der Waals surface area contributed by atoms with Crippen LogP contribution >= 0.6 is 0 Å². The lowest BCUT2D eigenvalue weighted by Crippen LogP contribution is -2.34. The number of aromatic nitrogens is 3. The number of carbonyl (C=O) groups is 1. The van der Waals surface area contributed by atoms with Gasteiger partial charge < -0.3 is 10.2 Å². The summed E-state index contributed by atoms with van der Waals surface area (Å²) in [5, 5.41) is 3.32. The molecule has 0 bridgehead atoms. The molecule has 4 heterocycles. The highest BCUT2D eigenvalue weighted by molar-refractivity contribution is 5.80. The second-order valence-corrected chi connectivity index (χ2v) is 7.72. The Morgan fingerprint density at radius 2 is 1.83 bits per heavy atom. The average molecular weight is 385 g/mol. The molecule has 5 rings (SSSR count). The maximum Gasteiger partial charge on any atom is 0.136 e. The first-order valence-corrected chi connectivity index (χ1v) is 10.2. The Bertz CT molecular complexity index is 1010. The third kappa shape index (κ3) is 4.11. The molecule has 1 N–H and O–H groups in total. The van der Waals surface area contributed by atoms with E-state index in [4.69, 9.17) is 4.98 Å². The van der Waals surface area contributed by atoms with Gasteiger partial charge in [0.25, 0.3) is 0 Å². The number of ketones is 1. The molecule has 3 aromatic heterocycles. The predicted octanol–water partition coefficient (Wildman–Crippen LogP) is 4.33. The van der Waals surface area contributed by atoms with Crippen LogP contribution in [0.2, 0.25) is 0 Å². The van der Waals surface area contributed by atoms with Gasteiger partial charge in [0, 0.05) is 43.9 Å². The van der Waals surface area contributed by atoms with Crippen molar-refractivity contribution in [2.24, 2.45) is 0 Å². The third-order valence-corrected chi connectivity index (χ3v) is 5.51. The number of nitrogens with one attached hydrogen (secondary N) is 1. The van der Waals surface area contributed by atoms with E-state index < -0.39 is 0 Å². The van der Waals surface area contributed by atoms with Gasteiger partial charge in [0.05, 0.1) is 5.69 Å². The van der Waals surface area contributed by atoms with Crippen LogP contribution in [0.5, 0.6) is 0 Å². The molecule has 0 amide bonds. The summed E-state index contributed by atoms with van der Waals surface area (Å²) in [7, 11) is 0. The summed E-state index contributed by atoms with van der Waals surface area (Å²) in [6.45, 7) is 1.50. The molecule has 0 unspecified atom stereocenters. The summed E-state index contributed by atoms with van der Waals surface area (Å²) >= 11 is 0. The monoisotopic (exact) mass is 385 g/mol. The first-order valence-electron chi connectivity index (χ1n) is 10.2. The zero-order valence-electron chi connectivity index (χ0n) is 16.2. The fraction of sp³-hybridized carbons (Fsp3) is 0.304. The number of anilines is 3. The first kappa shape index (κ1) is 17.8. The summed E-state index contributed by atoms with van der Waals surface area (Å²) in [4.78, 5) is 27.4. The first-order chi connectivity index (χ1) is 14.2. The van der Waals surface area contributed by atoms with E-state index in [-0.39, 0.29) is 0 Å². The van der Waals surface area contributed by atoms with Crippen LogP contribution in [-0.2, 0) is 4.79 Å². The second-order valence-electron chi connectivity index (χ2n) is 7.72. The molecule has 2 fully saturated rings. The largest absolute Gasteiger partial charge is 0.356 e. The SMILES string of the molecule is O=C1CCN(c2ccc(-c3cc(C4CC4)cc(Nc4ccccn4)n3)cn2)CC1. The van der Waals surface area contributed by atoms with Crippen molar-refractivity contribution in [3.05, 3.63) is 60.4 Å². The van der Waals surface area contributed by atoms with E-state index >= 15 is 0 Å². The highest BCUT2D eigenvalue weighted by Gasteiger charge is 2.25.